The first-order valence-corrected chi connectivity index (χ1v) is 6.15. The molecule has 0 atom stereocenters. The van der Waals surface area contributed by atoms with Crippen molar-refractivity contribution in [2.75, 3.05) is 0 Å². The fourth-order valence-corrected chi connectivity index (χ4v) is 2.35. The maximum Gasteiger partial charge on any atom is 0.0457 e. The summed E-state index contributed by atoms with van der Waals surface area (Å²) < 4.78 is 0. The number of hydrogen-bond acceptors (Lipinski definition) is 1. The Balaban J connectivity index is 2.18. The Bertz CT molecular complexity index is 695. The minimum Gasteiger partial charge on any atom is -0.361 e. The van der Waals surface area contributed by atoms with E-state index in [9.17, 15) is 0 Å². The van der Waals surface area contributed by atoms with Gasteiger partial charge in [0.1, 0.15) is 0 Å². The van der Waals surface area contributed by atoms with E-state index < -0.39 is 0 Å². The third-order valence-electron chi connectivity index (χ3n) is 3.34. The van der Waals surface area contributed by atoms with E-state index in [1.807, 2.05) is 6.20 Å². The fourth-order valence-electron chi connectivity index (χ4n) is 2.35. The number of aromatic amines is 1. The topological polar surface area (TPSA) is 41.8 Å². The van der Waals surface area contributed by atoms with Gasteiger partial charge in [0, 0.05) is 23.6 Å². The van der Waals surface area contributed by atoms with Crippen molar-refractivity contribution in [1.82, 2.24) is 4.98 Å². The van der Waals surface area contributed by atoms with E-state index in [1.165, 1.54) is 27.6 Å². The maximum atomic E-state index is 5.75. The number of fused-ring (bicyclic) bond motifs is 1. The molecule has 0 fully saturated rings. The number of H-pyrrole nitrogens is 1. The van der Waals surface area contributed by atoms with Crippen LogP contribution in [0.3, 0.4) is 0 Å². The van der Waals surface area contributed by atoms with Crippen LogP contribution in [-0.4, -0.2) is 4.98 Å². The van der Waals surface area contributed by atoms with E-state index in [4.69, 9.17) is 5.73 Å². The highest BCUT2D eigenvalue weighted by molar-refractivity contribution is 5.88. The highest BCUT2D eigenvalue weighted by Crippen LogP contribution is 2.26. The lowest BCUT2D eigenvalue weighted by atomic mass is 10.0. The van der Waals surface area contributed by atoms with E-state index in [0.29, 0.717) is 6.54 Å². The van der Waals surface area contributed by atoms with Gasteiger partial charge >= 0.3 is 0 Å². The molecule has 2 aromatic carbocycles. The second-order valence-electron chi connectivity index (χ2n) is 4.65. The number of rotatable bonds is 2. The van der Waals surface area contributed by atoms with Gasteiger partial charge in [-0.15, -0.1) is 0 Å². The van der Waals surface area contributed by atoms with Crippen molar-refractivity contribution in [3.63, 3.8) is 0 Å². The number of nitrogens with one attached hydrogen (secondary N) is 1. The van der Waals surface area contributed by atoms with Crippen LogP contribution in [0.1, 0.15) is 11.1 Å². The lowest BCUT2D eigenvalue weighted by Crippen LogP contribution is -1.94. The van der Waals surface area contributed by atoms with E-state index in [-0.39, 0.29) is 0 Å². The summed E-state index contributed by atoms with van der Waals surface area (Å²) in [6.07, 6.45) is 1.99. The number of benzene rings is 2. The molecule has 1 heterocycles. The molecule has 0 spiro atoms. The Morgan fingerprint density at radius 1 is 1.06 bits per heavy atom. The molecule has 2 heteroatoms. The zero-order valence-corrected chi connectivity index (χ0v) is 10.4. The van der Waals surface area contributed by atoms with Crippen LogP contribution in [0.5, 0.6) is 0 Å². The van der Waals surface area contributed by atoms with Crippen LogP contribution < -0.4 is 5.73 Å². The first-order valence-electron chi connectivity index (χ1n) is 6.15. The minimum absolute atomic E-state index is 0.567. The fraction of sp³-hybridized carbons (Fsp3) is 0.125. The monoisotopic (exact) mass is 236 g/mol. The average molecular weight is 236 g/mol. The second kappa shape index (κ2) is 4.31. The van der Waals surface area contributed by atoms with Gasteiger partial charge < -0.3 is 10.7 Å². The summed E-state index contributed by atoms with van der Waals surface area (Å²) in [6.45, 7) is 2.68. The largest absolute Gasteiger partial charge is 0.361 e. The number of aryl methyl sites for hydroxylation is 1. The molecule has 0 radical (unpaired) electrons. The van der Waals surface area contributed by atoms with E-state index in [0.717, 1.165) is 5.52 Å². The molecule has 90 valence electrons. The van der Waals surface area contributed by atoms with Gasteiger partial charge in [0.25, 0.3) is 0 Å². The van der Waals surface area contributed by atoms with Gasteiger partial charge in [-0.2, -0.15) is 0 Å². The van der Waals surface area contributed by atoms with E-state index >= 15 is 0 Å². The molecular formula is C16H16N2. The average Bonchev–Trinajstić information content (AvgIpc) is 2.80. The van der Waals surface area contributed by atoms with Crippen molar-refractivity contribution in [3.8, 4) is 11.1 Å². The SMILES string of the molecule is Cc1cccc(-c2ccc3[nH]cc(CN)c3c2)c1. The van der Waals surface area contributed by atoms with Crippen LogP contribution in [-0.2, 0) is 6.54 Å². The summed E-state index contributed by atoms with van der Waals surface area (Å²) in [7, 11) is 0. The molecule has 0 aliphatic rings. The molecule has 0 amide bonds. The van der Waals surface area contributed by atoms with Crippen molar-refractivity contribution < 1.29 is 0 Å². The molecule has 0 saturated carbocycles. The third kappa shape index (κ3) is 1.81. The predicted octanol–water partition coefficient (Wildman–Crippen LogP) is 3.60. The lowest BCUT2D eigenvalue weighted by molar-refractivity contribution is 1.08. The summed E-state index contributed by atoms with van der Waals surface area (Å²) >= 11 is 0. The quantitative estimate of drug-likeness (QED) is 0.701. The van der Waals surface area contributed by atoms with Gasteiger partial charge in [0.2, 0.25) is 0 Å². The third-order valence-corrected chi connectivity index (χ3v) is 3.34. The first kappa shape index (κ1) is 11.1. The summed E-state index contributed by atoms with van der Waals surface area (Å²) in [5, 5.41) is 1.22. The Morgan fingerprint density at radius 2 is 1.89 bits per heavy atom. The molecular weight excluding hydrogens is 220 g/mol. The second-order valence-corrected chi connectivity index (χ2v) is 4.65. The van der Waals surface area contributed by atoms with Gasteiger partial charge in [0.15, 0.2) is 0 Å². The molecule has 3 aromatic rings. The summed E-state index contributed by atoms with van der Waals surface area (Å²) in [6, 6.07) is 15.0. The van der Waals surface area contributed by atoms with Crippen LogP contribution in [0.25, 0.3) is 22.0 Å². The molecule has 1 aromatic heterocycles. The predicted molar refractivity (Wildman–Crippen MR) is 76.4 cm³/mol. The molecule has 0 saturated heterocycles. The molecule has 2 nitrogen and oxygen atoms in total. The number of aromatic nitrogens is 1. The zero-order valence-electron chi connectivity index (χ0n) is 10.4. The Labute approximate surface area is 106 Å². The summed E-state index contributed by atoms with van der Waals surface area (Å²) in [5.41, 5.74) is 11.8. The van der Waals surface area contributed by atoms with E-state index in [1.54, 1.807) is 0 Å². The molecule has 0 unspecified atom stereocenters. The molecule has 3 rings (SSSR count). The van der Waals surface area contributed by atoms with Crippen LogP contribution in [0.15, 0.2) is 48.7 Å². The van der Waals surface area contributed by atoms with Gasteiger partial charge in [-0.3, -0.25) is 0 Å². The Hall–Kier alpha value is -2.06. The van der Waals surface area contributed by atoms with Crippen molar-refractivity contribution in [2.45, 2.75) is 13.5 Å². The van der Waals surface area contributed by atoms with Crippen molar-refractivity contribution in [1.29, 1.82) is 0 Å². The van der Waals surface area contributed by atoms with Crippen LogP contribution >= 0.6 is 0 Å². The molecule has 0 aliphatic carbocycles. The lowest BCUT2D eigenvalue weighted by Gasteiger charge is -2.04. The molecule has 18 heavy (non-hydrogen) atoms. The summed E-state index contributed by atoms with van der Waals surface area (Å²) in [4.78, 5) is 3.25. The summed E-state index contributed by atoms with van der Waals surface area (Å²) in [5.74, 6) is 0. The normalized spacial score (nSPS) is 11.0. The Morgan fingerprint density at radius 3 is 2.67 bits per heavy atom. The molecule has 3 N–H and O–H groups in total. The first-order chi connectivity index (χ1) is 8.78. The minimum atomic E-state index is 0.567. The number of hydrogen-bond donors (Lipinski definition) is 2. The van der Waals surface area contributed by atoms with Gasteiger partial charge in [-0.25, -0.2) is 0 Å². The Kier molecular flexibility index (Phi) is 2.65. The van der Waals surface area contributed by atoms with Crippen molar-refractivity contribution in [3.05, 3.63) is 59.8 Å². The van der Waals surface area contributed by atoms with Crippen LogP contribution in [0.4, 0.5) is 0 Å². The van der Waals surface area contributed by atoms with Crippen molar-refractivity contribution >= 4 is 10.9 Å². The van der Waals surface area contributed by atoms with E-state index in [2.05, 4.69) is 54.4 Å². The maximum absolute atomic E-state index is 5.75. The standard InChI is InChI=1S/C16H16N2/c1-11-3-2-4-12(7-11)13-5-6-16-15(8-13)14(9-17)10-18-16/h2-8,10,18H,9,17H2,1H3. The zero-order chi connectivity index (χ0) is 12.5. The van der Waals surface area contributed by atoms with Gasteiger partial charge in [-0.05, 0) is 35.7 Å². The highest BCUT2D eigenvalue weighted by atomic mass is 14.7. The molecule has 0 bridgehead atoms. The van der Waals surface area contributed by atoms with Gasteiger partial charge in [-0.1, -0.05) is 35.9 Å². The van der Waals surface area contributed by atoms with Crippen LogP contribution in [0, 0.1) is 6.92 Å². The van der Waals surface area contributed by atoms with Crippen molar-refractivity contribution in [2.24, 2.45) is 5.73 Å². The smallest absolute Gasteiger partial charge is 0.0457 e. The van der Waals surface area contributed by atoms with Crippen LogP contribution in [0.2, 0.25) is 0 Å². The molecule has 0 aliphatic heterocycles. The highest BCUT2D eigenvalue weighted by Gasteiger charge is 2.04. The number of nitrogens with two attached hydrogens (primary N) is 1. The van der Waals surface area contributed by atoms with Gasteiger partial charge in [0.05, 0.1) is 0 Å².